The van der Waals surface area contributed by atoms with Crippen LogP contribution in [0.1, 0.15) is 0 Å². The van der Waals surface area contributed by atoms with E-state index < -0.39 is 0 Å². The summed E-state index contributed by atoms with van der Waals surface area (Å²) in [5.74, 6) is 0. The molecule has 0 saturated heterocycles. The van der Waals surface area contributed by atoms with Gasteiger partial charge in [0, 0.05) is 19.7 Å². The summed E-state index contributed by atoms with van der Waals surface area (Å²) < 4.78 is 0. The number of hydrazine groups is 1. The zero-order valence-corrected chi connectivity index (χ0v) is 8.49. The molecule has 0 spiro atoms. The summed E-state index contributed by atoms with van der Waals surface area (Å²) in [5, 5.41) is 3.86. The Kier molecular flexibility index (Phi) is 2.14. The van der Waals surface area contributed by atoms with Crippen LogP contribution in [0.15, 0.2) is 53.8 Å². The van der Waals surface area contributed by atoms with Crippen LogP contribution in [-0.2, 0) is 0 Å². The van der Waals surface area contributed by atoms with Crippen molar-refractivity contribution in [3.8, 4) is 0 Å². The van der Waals surface area contributed by atoms with Crippen LogP contribution in [0, 0.1) is 6.20 Å². The predicted molar refractivity (Wildman–Crippen MR) is 57.8 cm³/mol. The molecule has 2 heteroatoms. The van der Waals surface area contributed by atoms with Gasteiger partial charge < -0.3 is 0 Å². The van der Waals surface area contributed by atoms with E-state index in [9.17, 15) is 0 Å². The minimum Gasteiger partial charge on any atom is -0.273 e. The molecule has 14 heavy (non-hydrogen) atoms. The van der Waals surface area contributed by atoms with E-state index in [-0.39, 0.29) is 0 Å². The van der Waals surface area contributed by atoms with Gasteiger partial charge >= 0.3 is 0 Å². The number of hydrogen-bond acceptors (Lipinski definition) is 2. The Balaban J connectivity index is 2.39. The summed E-state index contributed by atoms with van der Waals surface area (Å²) in [6.07, 6.45) is 13.4. The normalized spacial score (nSPS) is 17.8. The highest BCUT2D eigenvalue weighted by atomic mass is 15.6. The topological polar surface area (TPSA) is 6.48 Å². The third kappa shape index (κ3) is 1.24. The van der Waals surface area contributed by atoms with Gasteiger partial charge in [-0.15, -0.1) is 0 Å². The Hall–Kier alpha value is -1.54. The fourth-order valence-corrected chi connectivity index (χ4v) is 1.70. The average Bonchev–Trinajstić information content (AvgIpc) is 2.69. The lowest BCUT2D eigenvalue weighted by atomic mass is 10.2. The molecule has 0 fully saturated rings. The van der Waals surface area contributed by atoms with Crippen LogP contribution in [0.2, 0.25) is 0 Å². The molecule has 71 valence electrons. The van der Waals surface area contributed by atoms with Crippen molar-refractivity contribution in [2.24, 2.45) is 0 Å². The molecule has 2 aliphatic rings. The van der Waals surface area contributed by atoms with E-state index in [0.29, 0.717) is 0 Å². The molecule has 0 aromatic carbocycles. The number of fused-ring (bicyclic) bond motifs is 1. The Morgan fingerprint density at radius 3 is 2.64 bits per heavy atom. The van der Waals surface area contributed by atoms with Gasteiger partial charge in [0.1, 0.15) is 0 Å². The highest BCUT2D eigenvalue weighted by molar-refractivity contribution is 5.62. The number of hydrogen-bond donors (Lipinski definition) is 0. The van der Waals surface area contributed by atoms with E-state index in [1.165, 1.54) is 11.1 Å². The summed E-state index contributed by atoms with van der Waals surface area (Å²) in [5.41, 5.74) is 3.64. The minimum absolute atomic E-state index is 1.13. The quantitative estimate of drug-likeness (QED) is 0.490. The van der Waals surface area contributed by atoms with E-state index >= 15 is 0 Å². The maximum absolute atomic E-state index is 3.69. The van der Waals surface area contributed by atoms with Crippen molar-refractivity contribution in [2.75, 3.05) is 14.1 Å². The van der Waals surface area contributed by atoms with Crippen molar-refractivity contribution in [1.82, 2.24) is 10.0 Å². The highest BCUT2D eigenvalue weighted by Gasteiger charge is 2.19. The van der Waals surface area contributed by atoms with E-state index in [1.807, 2.05) is 24.1 Å². The van der Waals surface area contributed by atoms with Crippen molar-refractivity contribution in [3.63, 3.8) is 0 Å². The summed E-state index contributed by atoms with van der Waals surface area (Å²) in [6.45, 7) is 3.69. The molecule has 2 nitrogen and oxygen atoms in total. The zero-order valence-electron chi connectivity index (χ0n) is 8.49. The van der Waals surface area contributed by atoms with Crippen molar-refractivity contribution in [3.05, 3.63) is 60.0 Å². The van der Waals surface area contributed by atoms with Crippen LogP contribution in [0.25, 0.3) is 0 Å². The Morgan fingerprint density at radius 1 is 1.21 bits per heavy atom. The van der Waals surface area contributed by atoms with Crippen LogP contribution < -0.4 is 0 Å². The number of allylic oxidation sites excluding steroid dienone is 7. The van der Waals surface area contributed by atoms with Crippen molar-refractivity contribution in [1.29, 1.82) is 0 Å². The second-order valence-electron chi connectivity index (χ2n) is 3.43. The van der Waals surface area contributed by atoms with Crippen LogP contribution >= 0.6 is 0 Å². The molecule has 2 rings (SSSR count). The number of nitrogens with zero attached hydrogens (tertiary/aromatic N) is 2. The fraction of sp³-hybridized carbons (Fsp3) is 0.167. The third-order valence-electron chi connectivity index (χ3n) is 2.32. The van der Waals surface area contributed by atoms with Gasteiger partial charge in [-0.3, -0.25) is 5.01 Å². The Morgan fingerprint density at radius 2 is 2.00 bits per heavy atom. The lowest BCUT2D eigenvalue weighted by Gasteiger charge is -2.27. The molecule has 0 atom stereocenters. The van der Waals surface area contributed by atoms with Gasteiger partial charge in [0.2, 0.25) is 0 Å². The lowest BCUT2D eigenvalue weighted by molar-refractivity contribution is 0.120. The summed E-state index contributed by atoms with van der Waals surface area (Å²) in [4.78, 5) is 0. The maximum Gasteiger partial charge on any atom is 0.0754 e. The average molecular weight is 185 g/mol. The summed E-state index contributed by atoms with van der Waals surface area (Å²) >= 11 is 0. The monoisotopic (exact) mass is 185 g/mol. The molecule has 0 unspecified atom stereocenters. The van der Waals surface area contributed by atoms with Crippen molar-refractivity contribution in [2.45, 2.75) is 0 Å². The molecule has 0 amide bonds. The zero-order chi connectivity index (χ0) is 10.1. The Labute approximate surface area is 84.8 Å². The third-order valence-corrected chi connectivity index (χ3v) is 2.32. The molecule has 0 saturated carbocycles. The van der Waals surface area contributed by atoms with Gasteiger partial charge in [0.25, 0.3) is 0 Å². The maximum atomic E-state index is 3.69. The van der Waals surface area contributed by atoms with Gasteiger partial charge in [0.15, 0.2) is 0 Å². The van der Waals surface area contributed by atoms with Gasteiger partial charge in [0.05, 0.1) is 11.9 Å². The van der Waals surface area contributed by atoms with Crippen LogP contribution in [0.4, 0.5) is 0 Å². The SMILES string of the molecule is C=[C]N(C1=C2C=CC=C2C=C1)N(C)C. The second-order valence-corrected chi connectivity index (χ2v) is 3.43. The van der Waals surface area contributed by atoms with Crippen LogP contribution in [0.3, 0.4) is 0 Å². The van der Waals surface area contributed by atoms with Crippen molar-refractivity contribution >= 4 is 0 Å². The fourth-order valence-electron chi connectivity index (χ4n) is 1.70. The molecule has 0 aliphatic heterocycles. The molecule has 0 heterocycles. The Bertz CT molecular complexity index is 381. The van der Waals surface area contributed by atoms with Gasteiger partial charge in [-0.25, -0.2) is 5.01 Å². The van der Waals surface area contributed by atoms with Crippen molar-refractivity contribution < 1.29 is 0 Å². The minimum atomic E-state index is 1.13. The van der Waals surface area contributed by atoms with Crippen LogP contribution in [-0.4, -0.2) is 24.1 Å². The van der Waals surface area contributed by atoms with Gasteiger partial charge in [-0.1, -0.05) is 30.9 Å². The molecular weight excluding hydrogens is 172 g/mol. The molecule has 1 radical (unpaired) electrons. The first-order valence-electron chi connectivity index (χ1n) is 4.55. The van der Waals surface area contributed by atoms with E-state index in [2.05, 4.69) is 43.2 Å². The summed E-state index contributed by atoms with van der Waals surface area (Å²) in [6, 6.07) is 0. The highest BCUT2D eigenvalue weighted by Crippen LogP contribution is 2.31. The largest absolute Gasteiger partial charge is 0.273 e. The van der Waals surface area contributed by atoms with E-state index in [4.69, 9.17) is 0 Å². The molecule has 2 aliphatic carbocycles. The van der Waals surface area contributed by atoms with Gasteiger partial charge in [-0.2, -0.15) is 0 Å². The van der Waals surface area contributed by atoms with Gasteiger partial charge in [-0.05, 0) is 11.6 Å². The number of rotatable bonds is 3. The molecule has 0 N–H and O–H groups in total. The first-order chi connectivity index (χ1) is 6.74. The molecular formula is C12H13N2. The smallest absolute Gasteiger partial charge is 0.0754 e. The molecule has 0 aromatic heterocycles. The standard InChI is InChI=1S/C12H13N2/c1-4-14(13(2)3)12-9-8-10-6-5-7-11(10)12/h5-9H,1H2,2-3H3. The first-order valence-corrected chi connectivity index (χ1v) is 4.55. The van der Waals surface area contributed by atoms with Crippen LogP contribution in [0.5, 0.6) is 0 Å². The van der Waals surface area contributed by atoms with E-state index in [1.54, 1.807) is 0 Å². The van der Waals surface area contributed by atoms with E-state index in [0.717, 1.165) is 5.70 Å². The molecule has 0 aromatic rings. The molecule has 0 bridgehead atoms. The first kappa shape index (κ1) is 9.03. The second kappa shape index (κ2) is 3.31. The summed E-state index contributed by atoms with van der Waals surface area (Å²) in [7, 11) is 3.94. The predicted octanol–water partition coefficient (Wildman–Crippen LogP) is 2.03. The lowest BCUT2D eigenvalue weighted by Crippen LogP contribution is -2.31.